The number of fused-ring (bicyclic) bond motifs is 1. The van der Waals surface area contributed by atoms with Crippen LogP contribution in [0, 0.1) is 6.92 Å². The fourth-order valence-electron chi connectivity index (χ4n) is 2.89. The Balaban J connectivity index is 1.95. The number of nitrogens with zero attached hydrogens (tertiary/aromatic N) is 4. The van der Waals surface area contributed by atoms with Crippen LogP contribution in [0.1, 0.15) is 35.5 Å². The highest BCUT2D eigenvalue weighted by Crippen LogP contribution is 2.23. The van der Waals surface area contributed by atoms with E-state index in [2.05, 4.69) is 20.0 Å². The average Bonchev–Trinajstić information content (AvgIpc) is 2.68. The highest BCUT2D eigenvalue weighted by atomic mass is 16.5. The molecule has 2 aromatic carbocycles. The Morgan fingerprint density at radius 1 is 1.17 bits per heavy atom. The summed E-state index contributed by atoms with van der Waals surface area (Å²) in [5.74, 6) is -0.457. The van der Waals surface area contributed by atoms with Gasteiger partial charge in [0.25, 0.3) is 5.95 Å². The molecule has 0 aliphatic carbocycles. The Kier molecular flexibility index (Phi) is 5.82. The Bertz CT molecular complexity index is 1140. The molecule has 0 amide bonds. The molecule has 1 heterocycles. The summed E-state index contributed by atoms with van der Waals surface area (Å²) >= 11 is 0. The van der Waals surface area contributed by atoms with Crippen LogP contribution in [-0.4, -0.2) is 34.2 Å². The quantitative estimate of drug-likeness (QED) is 0.525. The summed E-state index contributed by atoms with van der Waals surface area (Å²) in [4.78, 5) is 28.4. The van der Waals surface area contributed by atoms with Gasteiger partial charge >= 0.3 is 0 Å². The zero-order valence-corrected chi connectivity index (χ0v) is 16.3. The van der Waals surface area contributed by atoms with Crippen LogP contribution < -0.4 is 15.6 Å². The van der Waals surface area contributed by atoms with Crippen molar-refractivity contribution in [1.82, 2.24) is 9.97 Å². The van der Waals surface area contributed by atoms with E-state index in [9.17, 15) is 9.90 Å². The van der Waals surface area contributed by atoms with Crippen molar-refractivity contribution in [2.24, 2.45) is 15.7 Å². The molecule has 2 N–H and O–H groups in total. The van der Waals surface area contributed by atoms with E-state index in [1.165, 1.54) is 6.07 Å². The predicted molar refractivity (Wildman–Crippen MR) is 110 cm³/mol. The minimum absolute atomic E-state index is 0.0319. The largest absolute Gasteiger partial charge is 0.545 e. The lowest BCUT2D eigenvalue weighted by Crippen LogP contribution is -2.25. The van der Waals surface area contributed by atoms with Gasteiger partial charge in [-0.2, -0.15) is 4.99 Å². The Morgan fingerprint density at radius 2 is 1.90 bits per heavy atom. The van der Waals surface area contributed by atoms with Gasteiger partial charge in [0.15, 0.2) is 0 Å². The monoisotopic (exact) mass is 390 g/mol. The van der Waals surface area contributed by atoms with E-state index in [0.717, 1.165) is 16.8 Å². The molecule has 1 aromatic heterocycles. The molecule has 3 rings (SSSR count). The number of rotatable bonds is 5. The van der Waals surface area contributed by atoms with Crippen LogP contribution in [-0.2, 0) is 0 Å². The molecule has 0 saturated carbocycles. The summed E-state index contributed by atoms with van der Waals surface area (Å²) in [5.41, 5.74) is 8.19. The number of carboxylic acids is 1. The molecule has 8 heteroatoms. The van der Waals surface area contributed by atoms with Crippen LogP contribution in [0.4, 0.5) is 5.95 Å². The first-order valence-corrected chi connectivity index (χ1v) is 9.00. The number of aryl methyl sites for hydroxylation is 1. The van der Waals surface area contributed by atoms with Crippen LogP contribution in [0.25, 0.3) is 10.9 Å². The van der Waals surface area contributed by atoms with E-state index in [1.54, 1.807) is 25.1 Å². The number of carbonyl (C=O) groups is 1. The molecule has 0 unspecified atom stereocenters. The van der Waals surface area contributed by atoms with Crippen LogP contribution in [0.3, 0.4) is 0 Å². The van der Waals surface area contributed by atoms with E-state index in [1.807, 2.05) is 32.0 Å². The Hall–Kier alpha value is -3.81. The molecule has 0 aliphatic heterocycles. The van der Waals surface area contributed by atoms with E-state index in [-0.39, 0.29) is 17.5 Å². The van der Waals surface area contributed by atoms with Gasteiger partial charge in [-0.3, -0.25) is 0 Å². The van der Waals surface area contributed by atoms with Gasteiger partial charge in [-0.15, -0.1) is 0 Å². The van der Waals surface area contributed by atoms with Crippen LogP contribution in [0.5, 0.6) is 5.75 Å². The van der Waals surface area contributed by atoms with Crippen LogP contribution in [0.2, 0.25) is 0 Å². The smallest absolute Gasteiger partial charge is 0.253 e. The maximum atomic E-state index is 11.3. The predicted octanol–water partition coefficient (Wildman–Crippen LogP) is 2.16. The maximum Gasteiger partial charge on any atom is 0.253 e. The van der Waals surface area contributed by atoms with Crippen molar-refractivity contribution in [2.75, 3.05) is 6.61 Å². The highest BCUT2D eigenvalue weighted by molar-refractivity contribution is 6.10. The molecule has 0 radical (unpaired) electrons. The first-order chi connectivity index (χ1) is 13.9. The second-order valence-electron chi connectivity index (χ2n) is 6.22. The molecule has 0 fully saturated rings. The Morgan fingerprint density at radius 3 is 2.59 bits per heavy atom. The molecule has 0 spiro atoms. The van der Waals surface area contributed by atoms with Crippen molar-refractivity contribution < 1.29 is 14.6 Å². The molecule has 148 valence electrons. The van der Waals surface area contributed by atoms with Crippen molar-refractivity contribution >= 4 is 34.5 Å². The standard InChI is InChI=1S/C21H21N5O3/c1-4-29-14-9-10-18-17(11-14)13(3)24-21(25-18)26-20(22)23-12(2)15-7-5-6-8-16(15)19(27)28/h5-11H,4H2,1-3H3,(H,27,28)(H2,22,24,25,26)/p-1. The molecular weight excluding hydrogens is 370 g/mol. The number of benzene rings is 2. The first kappa shape index (κ1) is 19.9. The molecule has 0 saturated heterocycles. The molecular formula is C21H20N5O3-. The summed E-state index contributed by atoms with van der Waals surface area (Å²) in [6.07, 6.45) is 0. The number of nitrogens with two attached hydrogens (primary N) is 1. The number of aromatic nitrogens is 2. The van der Waals surface area contributed by atoms with Crippen molar-refractivity contribution in [1.29, 1.82) is 0 Å². The molecule has 0 bridgehead atoms. The average molecular weight is 390 g/mol. The number of carboxylic acid groups (broad SMARTS) is 1. The molecule has 0 aliphatic rings. The highest BCUT2D eigenvalue weighted by Gasteiger charge is 2.08. The third kappa shape index (κ3) is 4.55. The number of hydrogen-bond acceptors (Lipinski definition) is 6. The summed E-state index contributed by atoms with van der Waals surface area (Å²) in [6, 6.07) is 11.9. The second-order valence-corrected chi connectivity index (χ2v) is 6.22. The van der Waals surface area contributed by atoms with Gasteiger partial charge in [0, 0.05) is 22.2 Å². The van der Waals surface area contributed by atoms with E-state index >= 15 is 0 Å². The van der Waals surface area contributed by atoms with Crippen molar-refractivity contribution in [3.63, 3.8) is 0 Å². The van der Waals surface area contributed by atoms with E-state index < -0.39 is 5.97 Å². The van der Waals surface area contributed by atoms with Crippen LogP contribution in [0.15, 0.2) is 52.4 Å². The topological polar surface area (TPSA) is 126 Å². The number of carbonyl (C=O) groups excluding carboxylic acids is 1. The second kappa shape index (κ2) is 8.47. The van der Waals surface area contributed by atoms with Gasteiger partial charge in [-0.05, 0) is 39.0 Å². The zero-order chi connectivity index (χ0) is 21.0. The van der Waals surface area contributed by atoms with Crippen molar-refractivity contribution in [3.8, 4) is 5.75 Å². The van der Waals surface area contributed by atoms with Gasteiger partial charge in [-0.1, -0.05) is 24.3 Å². The normalized spacial score (nSPS) is 12.2. The van der Waals surface area contributed by atoms with Crippen molar-refractivity contribution in [2.45, 2.75) is 20.8 Å². The lowest BCUT2D eigenvalue weighted by molar-refractivity contribution is -0.255. The third-order valence-electron chi connectivity index (χ3n) is 4.19. The summed E-state index contributed by atoms with van der Waals surface area (Å²) < 4.78 is 5.51. The number of ether oxygens (including phenoxy) is 1. The van der Waals surface area contributed by atoms with Gasteiger partial charge in [0.2, 0.25) is 5.96 Å². The fourth-order valence-corrected chi connectivity index (χ4v) is 2.89. The van der Waals surface area contributed by atoms with Gasteiger partial charge in [0.05, 0.1) is 23.8 Å². The first-order valence-electron chi connectivity index (χ1n) is 9.00. The summed E-state index contributed by atoms with van der Waals surface area (Å²) in [5, 5.41) is 12.1. The Labute approximate surface area is 167 Å². The minimum Gasteiger partial charge on any atom is -0.545 e. The van der Waals surface area contributed by atoms with Crippen LogP contribution >= 0.6 is 0 Å². The van der Waals surface area contributed by atoms with Crippen molar-refractivity contribution in [3.05, 3.63) is 59.3 Å². The van der Waals surface area contributed by atoms with E-state index in [0.29, 0.717) is 23.4 Å². The van der Waals surface area contributed by atoms with E-state index in [4.69, 9.17) is 10.5 Å². The lowest BCUT2D eigenvalue weighted by Gasteiger charge is -2.09. The maximum absolute atomic E-state index is 11.3. The number of hydrogen-bond donors (Lipinski definition) is 1. The molecule has 3 aromatic rings. The zero-order valence-electron chi connectivity index (χ0n) is 16.3. The molecule has 29 heavy (non-hydrogen) atoms. The number of aromatic carboxylic acids is 1. The van der Waals surface area contributed by atoms with Gasteiger partial charge < -0.3 is 20.4 Å². The number of aliphatic imine (C=N–C) groups is 2. The number of guanidine groups is 1. The SMILES string of the molecule is CCOc1ccc2nc(N=C(N)N=C(C)c3ccccc3C(=O)[O-])nc(C)c2c1. The fraction of sp³-hybridized carbons (Fsp3) is 0.190. The minimum atomic E-state index is -1.29. The molecule has 8 nitrogen and oxygen atoms in total. The van der Waals surface area contributed by atoms with Gasteiger partial charge in [-0.25, -0.2) is 15.0 Å². The third-order valence-corrected chi connectivity index (χ3v) is 4.19. The lowest BCUT2D eigenvalue weighted by atomic mass is 10.0. The van der Waals surface area contributed by atoms with Gasteiger partial charge in [0.1, 0.15) is 5.75 Å². The summed E-state index contributed by atoms with van der Waals surface area (Å²) in [7, 11) is 0. The summed E-state index contributed by atoms with van der Waals surface area (Å²) in [6.45, 7) is 5.98. The molecule has 0 atom stereocenters.